The summed E-state index contributed by atoms with van der Waals surface area (Å²) in [5, 5.41) is 9.51. The van der Waals surface area contributed by atoms with Crippen molar-refractivity contribution >= 4 is 0 Å². The van der Waals surface area contributed by atoms with Gasteiger partial charge in [0.05, 0.1) is 0 Å². The first-order chi connectivity index (χ1) is 6.77. The van der Waals surface area contributed by atoms with Gasteiger partial charge < -0.3 is 5.11 Å². The SMILES string of the molecule is Oc1ccc[c]c1-c1ccc(F)cc1. The number of aromatic hydroxyl groups is 1. The van der Waals surface area contributed by atoms with E-state index in [1.165, 1.54) is 12.1 Å². The van der Waals surface area contributed by atoms with Crippen molar-refractivity contribution in [3.63, 3.8) is 0 Å². The molecule has 0 saturated heterocycles. The van der Waals surface area contributed by atoms with Gasteiger partial charge in [0.2, 0.25) is 0 Å². The fourth-order valence-corrected chi connectivity index (χ4v) is 1.28. The molecule has 2 heteroatoms. The van der Waals surface area contributed by atoms with Crippen LogP contribution in [0, 0.1) is 11.9 Å². The number of hydrogen-bond acceptors (Lipinski definition) is 1. The molecule has 2 aromatic rings. The maximum atomic E-state index is 12.6. The van der Waals surface area contributed by atoms with Gasteiger partial charge in [-0.25, -0.2) is 4.39 Å². The van der Waals surface area contributed by atoms with Crippen LogP contribution < -0.4 is 0 Å². The predicted molar refractivity (Wildman–Crippen MR) is 52.3 cm³/mol. The lowest BCUT2D eigenvalue weighted by Gasteiger charge is -2.02. The van der Waals surface area contributed by atoms with Crippen LogP contribution in [0.4, 0.5) is 4.39 Å². The van der Waals surface area contributed by atoms with E-state index >= 15 is 0 Å². The third-order valence-corrected chi connectivity index (χ3v) is 1.97. The van der Waals surface area contributed by atoms with Crippen molar-refractivity contribution in [3.05, 3.63) is 54.3 Å². The predicted octanol–water partition coefficient (Wildman–Crippen LogP) is 3.00. The third-order valence-electron chi connectivity index (χ3n) is 1.97. The summed E-state index contributed by atoms with van der Waals surface area (Å²) in [4.78, 5) is 0. The summed E-state index contributed by atoms with van der Waals surface area (Å²) >= 11 is 0. The summed E-state index contributed by atoms with van der Waals surface area (Å²) < 4.78 is 12.6. The molecular weight excluding hydrogens is 179 g/mol. The minimum absolute atomic E-state index is 0.152. The molecule has 1 N–H and O–H groups in total. The molecule has 0 aliphatic carbocycles. The molecule has 0 bridgehead atoms. The Morgan fingerprint density at radius 3 is 2.43 bits per heavy atom. The van der Waals surface area contributed by atoms with Gasteiger partial charge in [-0.15, -0.1) is 0 Å². The van der Waals surface area contributed by atoms with Crippen LogP contribution >= 0.6 is 0 Å². The fraction of sp³-hybridized carbons (Fsp3) is 0. The second kappa shape index (κ2) is 3.50. The van der Waals surface area contributed by atoms with E-state index in [1.54, 1.807) is 30.3 Å². The highest BCUT2D eigenvalue weighted by Gasteiger charge is 2.02. The van der Waals surface area contributed by atoms with E-state index in [-0.39, 0.29) is 11.6 Å². The largest absolute Gasteiger partial charge is 0.507 e. The molecule has 1 nitrogen and oxygen atoms in total. The quantitative estimate of drug-likeness (QED) is 0.727. The number of phenolic OH excluding ortho intramolecular Hbond substituents is 1. The molecule has 2 aromatic carbocycles. The van der Waals surface area contributed by atoms with E-state index in [4.69, 9.17) is 0 Å². The summed E-state index contributed by atoms with van der Waals surface area (Å²) in [6.07, 6.45) is 0. The number of rotatable bonds is 1. The van der Waals surface area contributed by atoms with Crippen LogP contribution in [0.25, 0.3) is 11.1 Å². The number of phenols is 1. The van der Waals surface area contributed by atoms with Crippen molar-refractivity contribution in [2.24, 2.45) is 0 Å². The van der Waals surface area contributed by atoms with E-state index < -0.39 is 0 Å². The molecule has 0 saturated carbocycles. The number of halogens is 1. The lowest BCUT2D eigenvalue weighted by atomic mass is 10.1. The van der Waals surface area contributed by atoms with E-state index in [2.05, 4.69) is 6.07 Å². The molecule has 0 fully saturated rings. The Bertz CT molecular complexity index is 434. The first-order valence-electron chi connectivity index (χ1n) is 4.23. The zero-order chi connectivity index (χ0) is 9.97. The second-order valence-electron chi connectivity index (χ2n) is 2.94. The van der Waals surface area contributed by atoms with Crippen LogP contribution in [0.2, 0.25) is 0 Å². The van der Waals surface area contributed by atoms with Crippen LogP contribution in [-0.2, 0) is 0 Å². The van der Waals surface area contributed by atoms with Gasteiger partial charge in [0.25, 0.3) is 0 Å². The Hall–Kier alpha value is -1.83. The average Bonchev–Trinajstić information content (AvgIpc) is 2.20. The van der Waals surface area contributed by atoms with Crippen molar-refractivity contribution in [2.75, 3.05) is 0 Å². The molecule has 0 heterocycles. The van der Waals surface area contributed by atoms with Crippen molar-refractivity contribution in [1.82, 2.24) is 0 Å². The molecule has 14 heavy (non-hydrogen) atoms. The summed E-state index contributed by atoms with van der Waals surface area (Å²) in [6.45, 7) is 0. The van der Waals surface area contributed by atoms with Gasteiger partial charge in [-0.3, -0.25) is 0 Å². The first kappa shape index (κ1) is 8.75. The molecule has 0 spiro atoms. The molecule has 0 unspecified atom stereocenters. The molecule has 2 rings (SSSR count). The second-order valence-corrected chi connectivity index (χ2v) is 2.94. The van der Waals surface area contributed by atoms with Gasteiger partial charge >= 0.3 is 0 Å². The van der Waals surface area contributed by atoms with Gasteiger partial charge in [-0.2, -0.15) is 0 Å². The van der Waals surface area contributed by atoms with Gasteiger partial charge in [-0.05, 0) is 29.8 Å². The van der Waals surface area contributed by atoms with Crippen LogP contribution in [0.3, 0.4) is 0 Å². The Morgan fingerprint density at radius 2 is 1.79 bits per heavy atom. The van der Waals surface area contributed by atoms with E-state index in [0.717, 1.165) is 5.56 Å². The van der Waals surface area contributed by atoms with Crippen molar-refractivity contribution in [1.29, 1.82) is 0 Å². The topological polar surface area (TPSA) is 20.2 Å². The minimum Gasteiger partial charge on any atom is -0.507 e. The summed E-state index contributed by atoms with van der Waals surface area (Å²) in [6, 6.07) is 13.8. The fourth-order valence-electron chi connectivity index (χ4n) is 1.28. The Labute approximate surface area is 81.4 Å². The smallest absolute Gasteiger partial charge is 0.124 e. The minimum atomic E-state index is -0.288. The standard InChI is InChI=1S/C12H8FO/c13-10-7-5-9(6-8-10)11-3-1-2-4-12(11)14/h1-2,4-8,14H. The van der Waals surface area contributed by atoms with Crippen molar-refractivity contribution < 1.29 is 9.50 Å². The summed E-state index contributed by atoms with van der Waals surface area (Å²) in [5.41, 5.74) is 1.34. The first-order valence-corrected chi connectivity index (χ1v) is 4.23. The molecule has 0 amide bonds. The summed E-state index contributed by atoms with van der Waals surface area (Å²) in [7, 11) is 0. The lowest BCUT2D eigenvalue weighted by molar-refractivity contribution is 0.477. The van der Waals surface area contributed by atoms with Crippen LogP contribution in [0.1, 0.15) is 0 Å². The van der Waals surface area contributed by atoms with Crippen LogP contribution in [-0.4, -0.2) is 5.11 Å². The van der Waals surface area contributed by atoms with Gasteiger partial charge in [0.1, 0.15) is 11.6 Å². The van der Waals surface area contributed by atoms with Crippen molar-refractivity contribution in [2.45, 2.75) is 0 Å². The molecule has 0 aliphatic heterocycles. The van der Waals surface area contributed by atoms with Crippen LogP contribution in [0.5, 0.6) is 5.75 Å². The molecular formula is C12H8FO. The average molecular weight is 187 g/mol. The Balaban J connectivity index is 2.50. The lowest BCUT2D eigenvalue weighted by Crippen LogP contribution is -1.79. The monoisotopic (exact) mass is 187 g/mol. The Kier molecular flexibility index (Phi) is 2.19. The molecule has 1 radical (unpaired) electrons. The maximum Gasteiger partial charge on any atom is 0.124 e. The zero-order valence-electron chi connectivity index (χ0n) is 7.37. The van der Waals surface area contributed by atoms with E-state index in [0.29, 0.717) is 5.56 Å². The molecule has 69 valence electrons. The zero-order valence-corrected chi connectivity index (χ0v) is 7.37. The van der Waals surface area contributed by atoms with Crippen molar-refractivity contribution in [3.8, 4) is 16.9 Å². The normalized spacial score (nSPS) is 10.1. The highest BCUT2D eigenvalue weighted by molar-refractivity contribution is 5.69. The molecule has 0 aliphatic rings. The summed E-state index contributed by atoms with van der Waals surface area (Å²) in [5.74, 6) is -0.136. The van der Waals surface area contributed by atoms with Gasteiger partial charge in [-0.1, -0.05) is 24.3 Å². The van der Waals surface area contributed by atoms with Crippen LogP contribution in [0.15, 0.2) is 42.5 Å². The molecule has 0 atom stereocenters. The number of benzene rings is 2. The third kappa shape index (κ3) is 1.59. The maximum absolute atomic E-state index is 12.6. The Morgan fingerprint density at radius 1 is 1.07 bits per heavy atom. The van der Waals surface area contributed by atoms with Gasteiger partial charge in [0.15, 0.2) is 0 Å². The highest BCUT2D eigenvalue weighted by atomic mass is 19.1. The highest BCUT2D eigenvalue weighted by Crippen LogP contribution is 2.27. The number of hydrogen-bond donors (Lipinski definition) is 1. The molecule has 0 aromatic heterocycles. The van der Waals surface area contributed by atoms with E-state index in [9.17, 15) is 9.50 Å². The van der Waals surface area contributed by atoms with Gasteiger partial charge in [0, 0.05) is 5.56 Å². The van der Waals surface area contributed by atoms with E-state index in [1.807, 2.05) is 0 Å².